The van der Waals surface area contributed by atoms with Gasteiger partial charge in [0.1, 0.15) is 11.3 Å². The summed E-state index contributed by atoms with van der Waals surface area (Å²) in [6, 6.07) is 10.4. The molecule has 0 unspecified atom stereocenters. The number of para-hydroxylation sites is 2. The van der Waals surface area contributed by atoms with Crippen LogP contribution in [0.25, 0.3) is 11.1 Å². The summed E-state index contributed by atoms with van der Waals surface area (Å²) in [5.41, 5.74) is 2.60. The Morgan fingerprint density at radius 1 is 1.30 bits per heavy atom. The smallest absolute Gasteiger partial charge is 0.298 e. The molecule has 0 amide bonds. The molecule has 23 heavy (non-hydrogen) atoms. The Balaban J connectivity index is 1.54. The molecule has 6 nitrogen and oxygen atoms in total. The van der Waals surface area contributed by atoms with E-state index in [-0.39, 0.29) is 6.10 Å². The van der Waals surface area contributed by atoms with Crippen molar-refractivity contribution in [2.75, 3.05) is 25.1 Å². The number of nitrogens with zero attached hydrogens (tertiary/aromatic N) is 3. The lowest BCUT2D eigenvalue weighted by Crippen LogP contribution is -2.23. The minimum atomic E-state index is 0.121. The van der Waals surface area contributed by atoms with Gasteiger partial charge < -0.3 is 18.6 Å². The number of ether oxygens (including phenoxy) is 1. The average molecular weight is 313 g/mol. The van der Waals surface area contributed by atoms with Gasteiger partial charge in [-0.2, -0.15) is 4.98 Å². The first-order valence-electron chi connectivity index (χ1n) is 7.78. The fourth-order valence-corrected chi connectivity index (χ4v) is 3.23. The van der Waals surface area contributed by atoms with Gasteiger partial charge in [-0.15, -0.1) is 0 Å². The number of aryl methyl sites for hydroxylation is 1. The van der Waals surface area contributed by atoms with Crippen molar-refractivity contribution in [3.05, 3.63) is 41.8 Å². The molecule has 3 aromatic rings. The van der Waals surface area contributed by atoms with E-state index in [0.29, 0.717) is 11.9 Å². The highest BCUT2D eigenvalue weighted by Crippen LogP contribution is 2.30. The van der Waals surface area contributed by atoms with Crippen LogP contribution in [-0.4, -0.2) is 36.4 Å². The predicted molar refractivity (Wildman–Crippen MR) is 85.5 cm³/mol. The van der Waals surface area contributed by atoms with Gasteiger partial charge in [-0.05, 0) is 19.1 Å². The van der Waals surface area contributed by atoms with Crippen LogP contribution in [-0.2, 0) is 11.2 Å². The Bertz CT molecular complexity index is 777. The normalized spacial score (nSPS) is 21.4. The number of fused-ring (bicyclic) bond motifs is 1. The first-order chi connectivity index (χ1) is 11.2. The van der Waals surface area contributed by atoms with Gasteiger partial charge in [0.05, 0.1) is 11.8 Å². The third kappa shape index (κ3) is 2.70. The number of hydrogen-bond donors (Lipinski definition) is 0. The lowest BCUT2D eigenvalue weighted by Gasteiger charge is -2.14. The fraction of sp³-hybridized carbons (Fsp3) is 0.412. The zero-order chi connectivity index (χ0) is 15.8. The summed E-state index contributed by atoms with van der Waals surface area (Å²) in [7, 11) is 1.75. The van der Waals surface area contributed by atoms with Crippen LogP contribution in [0.5, 0.6) is 0 Å². The van der Waals surface area contributed by atoms with Crippen molar-refractivity contribution in [3.8, 4) is 0 Å². The molecule has 0 bridgehead atoms. The van der Waals surface area contributed by atoms with E-state index in [2.05, 4.69) is 15.0 Å². The van der Waals surface area contributed by atoms with Crippen LogP contribution in [0.15, 0.2) is 39.3 Å². The molecule has 1 aliphatic rings. The van der Waals surface area contributed by atoms with Crippen molar-refractivity contribution in [1.82, 2.24) is 10.1 Å². The summed E-state index contributed by atoms with van der Waals surface area (Å²) in [5.74, 6) is 1.22. The maximum Gasteiger partial charge on any atom is 0.298 e. The van der Waals surface area contributed by atoms with Crippen molar-refractivity contribution in [2.24, 2.45) is 5.92 Å². The maximum absolute atomic E-state index is 5.87. The molecule has 1 aromatic carbocycles. The Kier molecular flexibility index (Phi) is 3.53. The number of anilines is 1. The molecular weight excluding hydrogens is 294 g/mol. The minimum Gasteiger partial charge on any atom is -0.423 e. The molecule has 0 spiro atoms. The van der Waals surface area contributed by atoms with Crippen LogP contribution in [0.3, 0.4) is 0 Å². The van der Waals surface area contributed by atoms with Crippen LogP contribution < -0.4 is 4.90 Å². The molecule has 0 saturated carbocycles. The van der Waals surface area contributed by atoms with Gasteiger partial charge in [0.25, 0.3) is 6.01 Å². The molecule has 0 N–H and O–H groups in total. The lowest BCUT2D eigenvalue weighted by atomic mass is 10.0. The third-order valence-corrected chi connectivity index (χ3v) is 4.38. The van der Waals surface area contributed by atoms with Crippen molar-refractivity contribution in [1.29, 1.82) is 0 Å². The Morgan fingerprint density at radius 2 is 2.17 bits per heavy atom. The van der Waals surface area contributed by atoms with E-state index in [1.165, 1.54) is 0 Å². The third-order valence-electron chi connectivity index (χ3n) is 4.38. The monoisotopic (exact) mass is 313 g/mol. The summed E-state index contributed by atoms with van der Waals surface area (Å²) in [4.78, 5) is 6.72. The standard InChI is InChI=1S/C17H19N3O3/c1-11-7-13(23-19-11)8-12-9-20(10-16(12)21-2)17-18-14-5-3-4-6-15(14)22-17/h3-7,12,16H,8-10H2,1-2H3/t12-,16+/m1/s1. The van der Waals surface area contributed by atoms with Crippen LogP contribution in [0.2, 0.25) is 0 Å². The zero-order valence-electron chi connectivity index (χ0n) is 13.2. The largest absolute Gasteiger partial charge is 0.423 e. The Labute approximate surface area is 134 Å². The van der Waals surface area contributed by atoms with E-state index < -0.39 is 0 Å². The lowest BCUT2D eigenvalue weighted by molar-refractivity contribution is 0.0812. The highest BCUT2D eigenvalue weighted by molar-refractivity contribution is 5.74. The number of benzene rings is 1. The van der Waals surface area contributed by atoms with Crippen molar-refractivity contribution in [2.45, 2.75) is 19.4 Å². The molecule has 1 aliphatic heterocycles. The fourth-order valence-electron chi connectivity index (χ4n) is 3.23. The number of oxazole rings is 1. The van der Waals surface area contributed by atoms with E-state index in [1.54, 1.807) is 7.11 Å². The van der Waals surface area contributed by atoms with Gasteiger partial charge in [-0.3, -0.25) is 0 Å². The summed E-state index contributed by atoms with van der Waals surface area (Å²) < 4.78 is 16.9. The SMILES string of the molecule is CO[C@H]1CN(c2nc3ccccc3o2)C[C@H]1Cc1cc(C)no1. The highest BCUT2D eigenvalue weighted by Gasteiger charge is 2.35. The number of aromatic nitrogens is 2. The zero-order valence-corrected chi connectivity index (χ0v) is 13.2. The van der Waals surface area contributed by atoms with Gasteiger partial charge in [-0.25, -0.2) is 0 Å². The number of methoxy groups -OCH3 is 1. The minimum absolute atomic E-state index is 0.121. The van der Waals surface area contributed by atoms with Gasteiger partial charge in [0.2, 0.25) is 0 Å². The predicted octanol–water partition coefficient (Wildman–Crippen LogP) is 2.82. The summed E-state index contributed by atoms with van der Waals surface area (Å²) in [5, 5.41) is 3.96. The summed E-state index contributed by atoms with van der Waals surface area (Å²) in [6.45, 7) is 3.52. The summed E-state index contributed by atoms with van der Waals surface area (Å²) >= 11 is 0. The molecule has 1 fully saturated rings. The van der Waals surface area contributed by atoms with Crippen molar-refractivity contribution >= 4 is 17.1 Å². The van der Waals surface area contributed by atoms with Crippen LogP contribution in [0.1, 0.15) is 11.5 Å². The first-order valence-corrected chi connectivity index (χ1v) is 7.78. The molecule has 120 valence electrons. The first kappa shape index (κ1) is 14.3. The van der Waals surface area contributed by atoms with Gasteiger partial charge >= 0.3 is 0 Å². The topological polar surface area (TPSA) is 64.5 Å². The van der Waals surface area contributed by atoms with Crippen molar-refractivity contribution in [3.63, 3.8) is 0 Å². The van der Waals surface area contributed by atoms with Crippen LogP contribution >= 0.6 is 0 Å². The van der Waals surface area contributed by atoms with Crippen molar-refractivity contribution < 1.29 is 13.7 Å². The maximum atomic E-state index is 5.87. The molecule has 4 rings (SSSR count). The van der Waals surface area contributed by atoms with Gasteiger partial charge in [-0.1, -0.05) is 17.3 Å². The van der Waals surface area contributed by atoms with E-state index in [4.69, 9.17) is 13.7 Å². The number of rotatable bonds is 4. The summed E-state index contributed by atoms with van der Waals surface area (Å²) in [6.07, 6.45) is 0.922. The second kappa shape index (κ2) is 5.70. The van der Waals surface area contributed by atoms with E-state index in [0.717, 1.165) is 42.1 Å². The Morgan fingerprint density at radius 3 is 2.91 bits per heavy atom. The second-order valence-corrected chi connectivity index (χ2v) is 6.04. The molecule has 6 heteroatoms. The van der Waals surface area contributed by atoms with Crippen LogP contribution in [0.4, 0.5) is 6.01 Å². The highest BCUT2D eigenvalue weighted by atomic mass is 16.5. The van der Waals surface area contributed by atoms with Gasteiger partial charge in [0, 0.05) is 38.6 Å². The van der Waals surface area contributed by atoms with E-state index >= 15 is 0 Å². The average Bonchev–Trinajstić information content (AvgIpc) is 3.25. The number of hydrogen-bond acceptors (Lipinski definition) is 6. The molecule has 0 radical (unpaired) electrons. The van der Waals surface area contributed by atoms with E-state index in [9.17, 15) is 0 Å². The molecular formula is C17H19N3O3. The van der Waals surface area contributed by atoms with Crippen LogP contribution in [0, 0.1) is 12.8 Å². The van der Waals surface area contributed by atoms with E-state index in [1.807, 2.05) is 37.3 Å². The Hall–Kier alpha value is -2.34. The van der Waals surface area contributed by atoms with Gasteiger partial charge in [0.15, 0.2) is 5.58 Å². The second-order valence-electron chi connectivity index (χ2n) is 6.04. The molecule has 1 saturated heterocycles. The molecule has 2 atom stereocenters. The molecule has 0 aliphatic carbocycles. The molecule has 3 heterocycles. The molecule has 2 aromatic heterocycles. The quantitative estimate of drug-likeness (QED) is 0.738.